The number of aromatic nitrogens is 2. The normalized spacial score (nSPS) is 13.0. The summed E-state index contributed by atoms with van der Waals surface area (Å²) in [4.78, 5) is 33.9. The second-order valence-corrected chi connectivity index (χ2v) is 8.43. The van der Waals surface area contributed by atoms with Crippen LogP contribution in [0.25, 0.3) is 11.0 Å². The maximum Gasteiger partial charge on any atom is 0.490 e. The summed E-state index contributed by atoms with van der Waals surface area (Å²) in [6.07, 6.45) is 3.55. The van der Waals surface area contributed by atoms with Crippen LogP contribution in [0, 0.1) is 0 Å². The van der Waals surface area contributed by atoms with E-state index < -0.39 is 26.0 Å². The smallest absolute Gasteiger partial charge is 0.475 e. The number of phosphoric ester groups is 1. The lowest BCUT2D eigenvalue weighted by atomic mass is 10.0. The van der Waals surface area contributed by atoms with E-state index in [-0.39, 0.29) is 6.61 Å². The molecule has 2 aromatic rings. The van der Waals surface area contributed by atoms with Crippen molar-refractivity contribution in [1.82, 2.24) is 9.97 Å². The number of nitrogens with two attached hydrogens (primary N) is 1. The van der Waals surface area contributed by atoms with Crippen molar-refractivity contribution in [2.75, 3.05) is 6.61 Å². The van der Waals surface area contributed by atoms with Gasteiger partial charge in [0, 0.05) is 0 Å². The molecule has 0 radical (unpaired) electrons. The number of nitrogens with zero attached hydrogens (tertiary/aromatic N) is 1. The Kier molecular flexibility index (Phi) is 11.3. The number of H-pyrrole nitrogens is 1. The number of hydrogen-bond acceptors (Lipinski definition) is 5. The van der Waals surface area contributed by atoms with E-state index in [0.717, 1.165) is 17.5 Å². The lowest BCUT2D eigenvalue weighted by molar-refractivity contribution is -0.192. The van der Waals surface area contributed by atoms with Crippen molar-refractivity contribution in [3.8, 4) is 0 Å². The van der Waals surface area contributed by atoms with Crippen LogP contribution in [0.5, 0.6) is 0 Å². The van der Waals surface area contributed by atoms with Crippen LogP contribution >= 0.6 is 7.82 Å². The van der Waals surface area contributed by atoms with Crippen molar-refractivity contribution < 1.29 is 41.9 Å². The van der Waals surface area contributed by atoms with Gasteiger partial charge in [-0.15, -0.1) is 0 Å². The second-order valence-electron chi connectivity index (χ2n) is 7.19. The van der Waals surface area contributed by atoms with Gasteiger partial charge in [0.15, 0.2) is 0 Å². The molecular weight excluding hydrogens is 454 g/mol. The minimum Gasteiger partial charge on any atom is -0.475 e. The highest BCUT2D eigenvalue weighted by Crippen LogP contribution is 2.36. The molecule has 0 amide bonds. The number of benzene rings is 1. The third kappa shape index (κ3) is 11.1. The number of carboxylic acid groups (broad SMARTS) is 1. The van der Waals surface area contributed by atoms with Crippen molar-refractivity contribution in [3.63, 3.8) is 0 Å². The molecular formula is C19H29F3N3O6P. The molecule has 32 heavy (non-hydrogen) atoms. The maximum atomic E-state index is 10.8. The van der Waals surface area contributed by atoms with Gasteiger partial charge >= 0.3 is 20.0 Å². The van der Waals surface area contributed by atoms with E-state index in [1.54, 1.807) is 0 Å². The molecule has 0 saturated heterocycles. The van der Waals surface area contributed by atoms with Crippen molar-refractivity contribution in [2.24, 2.45) is 5.73 Å². The van der Waals surface area contributed by atoms with E-state index in [2.05, 4.69) is 33.5 Å². The predicted octanol–water partition coefficient (Wildman–Crippen LogP) is 4.21. The zero-order chi connectivity index (χ0) is 24.4. The average molecular weight is 483 g/mol. The number of halogens is 3. The molecule has 1 aromatic carbocycles. The lowest BCUT2D eigenvalue weighted by Crippen LogP contribution is -2.21. The summed E-state index contributed by atoms with van der Waals surface area (Å²) in [5.41, 5.74) is 8.79. The van der Waals surface area contributed by atoms with Gasteiger partial charge in [0.2, 0.25) is 0 Å². The fourth-order valence-electron chi connectivity index (χ4n) is 2.77. The third-order valence-electron chi connectivity index (χ3n) is 4.40. The third-order valence-corrected chi connectivity index (χ3v) is 4.89. The number of hydrogen-bond donors (Lipinski definition) is 5. The Labute approximate surface area is 183 Å². The molecule has 0 aliphatic heterocycles. The van der Waals surface area contributed by atoms with Crippen molar-refractivity contribution in [2.45, 2.75) is 64.1 Å². The molecule has 13 heteroatoms. The summed E-state index contributed by atoms with van der Waals surface area (Å²) in [5.74, 6) is -2.30. The summed E-state index contributed by atoms with van der Waals surface area (Å²) < 4.78 is 46.9. The Bertz CT molecular complexity index is 900. The van der Waals surface area contributed by atoms with Gasteiger partial charge in [-0.3, -0.25) is 4.52 Å². The van der Waals surface area contributed by atoms with E-state index >= 15 is 0 Å². The number of carbonyl (C=O) groups is 1. The summed E-state index contributed by atoms with van der Waals surface area (Å²) in [7, 11) is -4.53. The number of rotatable bonds is 11. The van der Waals surface area contributed by atoms with Crippen LogP contribution in [-0.2, 0) is 20.3 Å². The zero-order valence-corrected chi connectivity index (χ0v) is 18.5. The largest absolute Gasteiger partial charge is 0.490 e. The highest BCUT2D eigenvalue weighted by atomic mass is 31.2. The number of aliphatic carboxylic acids is 1. The van der Waals surface area contributed by atoms with Crippen LogP contribution in [0.1, 0.15) is 62.9 Å². The molecule has 2 rings (SSSR count). The van der Waals surface area contributed by atoms with Gasteiger partial charge < -0.3 is 25.6 Å². The fraction of sp³-hybridized carbons (Fsp3) is 0.579. The molecule has 0 aliphatic rings. The minimum atomic E-state index is -5.08. The molecule has 6 N–H and O–H groups in total. The molecule has 1 aromatic heterocycles. The molecule has 0 aliphatic carbocycles. The Morgan fingerprint density at radius 1 is 1.22 bits per heavy atom. The number of fused-ring (bicyclic) bond motifs is 1. The summed E-state index contributed by atoms with van der Waals surface area (Å²) in [5, 5.41) is 7.12. The average Bonchev–Trinajstić information content (AvgIpc) is 3.11. The number of phosphoric acid groups is 1. The Balaban J connectivity index is 0.000000633. The maximum absolute atomic E-state index is 10.8. The van der Waals surface area contributed by atoms with E-state index in [0.29, 0.717) is 5.82 Å². The van der Waals surface area contributed by atoms with Gasteiger partial charge in [-0.1, -0.05) is 45.1 Å². The molecule has 0 fully saturated rings. The van der Waals surface area contributed by atoms with Gasteiger partial charge in [-0.2, -0.15) is 13.2 Å². The zero-order valence-electron chi connectivity index (χ0n) is 17.6. The standard InChI is InChI=1S/C17H28N3O4P.C2HF3O2/c1-2-3-4-5-6-7-8-13-9-10-15-16(11-13)20-17(19-15)14(18)12-24-25(21,22)23;3-2(4,5)1(6)7/h9-11,14H,2-8,12,18H2,1H3,(H,19,20)(H2,21,22,23);(H,6,7)/t14-;/m0./s1. The van der Waals surface area contributed by atoms with Crippen molar-refractivity contribution in [3.05, 3.63) is 29.6 Å². The van der Waals surface area contributed by atoms with Crippen LogP contribution < -0.4 is 5.73 Å². The second kappa shape index (κ2) is 12.9. The number of nitrogens with one attached hydrogen (secondary N) is 1. The Hall–Kier alpha value is -1.98. The first-order valence-corrected chi connectivity index (χ1v) is 11.6. The molecule has 182 valence electrons. The quantitative estimate of drug-likeness (QED) is 0.235. The van der Waals surface area contributed by atoms with Crippen LogP contribution in [0.2, 0.25) is 0 Å². The van der Waals surface area contributed by atoms with Crippen molar-refractivity contribution >= 4 is 24.8 Å². The number of carboxylic acids is 1. The number of aryl methyl sites for hydroxylation is 1. The summed E-state index contributed by atoms with van der Waals surface area (Å²) >= 11 is 0. The molecule has 1 atom stereocenters. The molecule has 9 nitrogen and oxygen atoms in total. The Morgan fingerprint density at radius 3 is 2.38 bits per heavy atom. The van der Waals surface area contributed by atoms with Crippen LogP contribution in [0.3, 0.4) is 0 Å². The number of alkyl halides is 3. The number of imidazole rings is 1. The molecule has 0 spiro atoms. The topological polar surface area (TPSA) is 159 Å². The molecule has 0 saturated carbocycles. The fourth-order valence-corrected chi connectivity index (χ4v) is 3.13. The molecule has 1 heterocycles. The SMILES string of the molecule is CCCCCCCCc1ccc2nc([C@@H](N)COP(=O)(O)O)[nH]c2c1.O=C(O)C(F)(F)F. The van der Waals surface area contributed by atoms with Gasteiger partial charge in [0.05, 0.1) is 23.7 Å². The van der Waals surface area contributed by atoms with E-state index in [1.807, 2.05) is 6.07 Å². The molecule has 0 unspecified atom stereocenters. The lowest BCUT2D eigenvalue weighted by Gasteiger charge is -2.09. The highest BCUT2D eigenvalue weighted by molar-refractivity contribution is 7.46. The van der Waals surface area contributed by atoms with E-state index in [1.165, 1.54) is 44.1 Å². The first kappa shape index (κ1) is 28.1. The van der Waals surface area contributed by atoms with Gasteiger partial charge in [-0.05, 0) is 30.5 Å². The van der Waals surface area contributed by atoms with Crippen LogP contribution in [0.15, 0.2) is 18.2 Å². The predicted molar refractivity (Wildman–Crippen MR) is 112 cm³/mol. The van der Waals surface area contributed by atoms with E-state index in [4.69, 9.17) is 25.4 Å². The summed E-state index contributed by atoms with van der Waals surface area (Å²) in [6.45, 7) is 1.92. The van der Waals surface area contributed by atoms with Gasteiger partial charge in [0.25, 0.3) is 0 Å². The van der Waals surface area contributed by atoms with Gasteiger partial charge in [0.1, 0.15) is 5.82 Å². The summed E-state index contributed by atoms with van der Waals surface area (Å²) in [6, 6.07) is 5.35. The van der Waals surface area contributed by atoms with Crippen LogP contribution in [0.4, 0.5) is 13.2 Å². The molecule has 0 bridgehead atoms. The number of aromatic amines is 1. The van der Waals surface area contributed by atoms with Gasteiger partial charge in [-0.25, -0.2) is 14.3 Å². The number of unbranched alkanes of at least 4 members (excludes halogenated alkanes) is 5. The van der Waals surface area contributed by atoms with E-state index in [9.17, 15) is 17.7 Å². The van der Waals surface area contributed by atoms with Crippen LogP contribution in [-0.4, -0.2) is 43.6 Å². The van der Waals surface area contributed by atoms with Crippen molar-refractivity contribution in [1.29, 1.82) is 0 Å². The first-order valence-electron chi connectivity index (χ1n) is 10.1. The highest BCUT2D eigenvalue weighted by Gasteiger charge is 2.38. The first-order chi connectivity index (χ1) is 14.8. The Morgan fingerprint density at radius 2 is 1.81 bits per heavy atom. The monoisotopic (exact) mass is 483 g/mol. The minimum absolute atomic E-state index is 0.297.